The van der Waals surface area contributed by atoms with E-state index in [-0.39, 0.29) is 12.5 Å². The van der Waals surface area contributed by atoms with Crippen molar-refractivity contribution < 1.29 is 14.3 Å². The van der Waals surface area contributed by atoms with E-state index in [1.165, 1.54) is 0 Å². The Bertz CT molecular complexity index is 942. The van der Waals surface area contributed by atoms with Crippen molar-refractivity contribution in [2.45, 2.75) is 20.4 Å². The van der Waals surface area contributed by atoms with Crippen LogP contribution in [-0.4, -0.2) is 28.7 Å². The molecule has 0 saturated carbocycles. The average molecular weight is 337 g/mol. The third kappa shape index (κ3) is 3.15. The fourth-order valence-electron chi connectivity index (χ4n) is 3.12. The molecule has 0 aliphatic carbocycles. The molecule has 25 heavy (non-hydrogen) atoms. The second kappa shape index (κ2) is 6.12. The number of aryl methyl sites for hydroxylation is 2. The molecule has 0 spiro atoms. The molecule has 1 aliphatic rings. The highest BCUT2D eigenvalue weighted by Crippen LogP contribution is 2.34. The molecular formula is C19H19N3O3. The van der Waals surface area contributed by atoms with Crippen molar-refractivity contribution in [3.63, 3.8) is 0 Å². The monoisotopic (exact) mass is 337 g/mol. The predicted molar refractivity (Wildman–Crippen MR) is 95.3 cm³/mol. The van der Waals surface area contributed by atoms with Crippen LogP contribution in [0.1, 0.15) is 11.1 Å². The van der Waals surface area contributed by atoms with Crippen LogP contribution in [0.5, 0.6) is 11.5 Å². The molecule has 0 unspecified atom stereocenters. The number of rotatable bonds is 3. The van der Waals surface area contributed by atoms with Gasteiger partial charge in [0.05, 0.1) is 17.4 Å². The van der Waals surface area contributed by atoms with Crippen molar-refractivity contribution in [3.8, 4) is 11.5 Å². The van der Waals surface area contributed by atoms with Crippen molar-refractivity contribution >= 4 is 22.6 Å². The van der Waals surface area contributed by atoms with E-state index in [4.69, 9.17) is 9.47 Å². The van der Waals surface area contributed by atoms with Crippen LogP contribution in [0.2, 0.25) is 0 Å². The zero-order valence-corrected chi connectivity index (χ0v) is 14.2. The maximum atomic E-state index is 12.4. The smallest absolute Gasteiger partial charge is 0.244 e. The van der Waals surface area contributed by atoms with Crippen LogP contribution in [0.3, 0.4) is 0 Å². The zero-order valence-electron chi connectivity index (χ0n) is 14.2. The van der Waals surface area contributed by atoms with Gasteiger partial charge in [-0.3, -0.25) is 4.79 Å². The highest BCUT2D eigenvalue weighted by atomic mass is 16.6. The Hall–Kier alpha value is -3.02. The van der Waals surface area contributed by atoms with Crippen LogP contribution in [0, 0.1) is 13.8 Å². The minimum Gasteiger partial charge on any atom is -0.486 e. The second-order valence-electron chi connectivity index (χ2n) is 6.28. The number of amides is 1. The van der Waals surface area contributed by atoms with Crippen molar-refractivity contribution in [1.29, 1.82) is 0 Å². The highest BCUT2D eigenvalue weighted by molar-refractivity contribution is 5.92. The van der Waals surface area contributed by atoms with E-state index in [0.717, 1.165) is 27.8 Å². The number of ether oxygens (including phenoxy) is 2. The third-order valence-corrected chi connectivity index (χ3v) is 4.10. The van der Waals surface area contributed by atoms with E-state index in [1.54, 1.807) is 6.33 Å². The van der Waals surface area contributed by atoms with Gasteiger partial charge >= 0.3 is 0 Å². The van der Waals surface area contributed by atoms with Gasteiger partial charge < -0.3 is 19.4 Å². The van der Waals surface area contributed by atoms with Gasteiger partial charge in [-0.15, -0.1) is 0 Å². The SMILES string of the molecule is Cc1cc(C)cc(NC(=O)Cn2cnc3cc4c(cc32)OCCO4)c1. The van der Waals surface area contributed by atoms with Crippen molar-refractivity contribution in [2.24, 2.45) is 0 Å². The van der Waals surface area contributed by atoms with Crippen LogP contribution in [0.25, 0.3) is 11.0 Å². The summed E-state index contributed by atoms with van der Waals surface area (Å²) in [7, 11) is 0. The number of fused-ring (bicyclic) bond motifs is 2. The molecule has 0 atom stereocenters. The molecule has 1 aliphatic heterocycles. The van der Waals surface area contributed by atoms with Gasteiger partial charge in [0, 0.05) is 17.8 Å². The molecule has 3 aromatic rings. The van der Waals surface area contributed by atoms with Crippen molar-refractivity contribution in [1.82, 2.24) is 9.55 Å². The maximum absolute atomic E-state index is 12.4. The van der Waals surface area contributed by atoms with Crippen LogP contribution in [0.4, 0.5) is 5.69 Å². The topological polar surface area (TPSA) is 65.4 Å². The maximum Gasteiger partial charge on any atom is 0.244 e. The van der Waals surface area contributed by atoms with Crippen molar-refractivity contribution in [3.05, 3.63) is 47.8 Å². The summed E-state index contributed by atoms with van der Waals surface area (Å²) in [5.41, 5.74) is 4.67. The Morgan fingerprint density at radius 2 is 1.76 bits per heavy atom. The minimum atomic E-state index is -0.0980. The van der Waals surface area contributed by atoms with Gasteiger partial charge in [-0.25, -0.2) is 4.98 Å². The molecule has 6 heteroatoms. The Morgan fingerprint density at radius 1 is 1.08 bits per heavy atom. The van der Waals surface area contributed by atoms with E-state index < -0.39 is 0 Å². The van der Waals surface area contributed by atoms with Gasteiger partial charge in [-0.05, 0) is 37.1 Å². The van der Waals surface area contributed by atoms with Crippen LogP contribution >= 0.6 is 0 Å². The minimum absolute atomic E-state index is 0.0980. The summed E-state index contributed by atoms with van der Waals surface area (Å²) in [6.07, 6.45) is 1.66. The molecule has 1 aromatic heterocycles. The summed E-state index contributed by atoms with van der Waals surface area (Å²) in [4.78, 5) is 16.8. The van der Waals surface area contributed by atoms with Crippen LogP contribution in [0.15, 0.2) is 36.7 Å². The molecule has 0 fully saturated rings. The number of anilines is 1. The molecule has 1 N–H and O–H groups in total. The van der Waals surface area contributed by atoms with Crippen molar-refractivity contribution in [2.75, 3.05) is 18.5 Å². The van der Waals surface area contributed by atoms with E-state index >= 15 is 0 Å². The normalized spacial score (nSPS) is 13.0. The number of carbonyl (C=O) groups is 1. The Balaban J connectivity index is 1.56. The molecule has 2 aromatic carbocycles. The summed E-state index contributed by atoms with van der Waals surface area (Å²) < 4.78 is 13.0. The number of hydrogen-bond donors (Lipinski definition) is 1. The first kappa shape index (κ1) is 15.5. The molecule has 0 bridgehead atoms. The number of hydrogen-bond acceptors (Lipinski definition) is 4. The lowest BCUT2D eigenvalue weighted by Gasteiger charge is -2.18. The summed E-state index contributed by atoms with van der Waals surface area (Å²) in [6.45, 7) is 5.27. The Morgan fingerprint density at radius 3 is 2.48 bits per heavy atom. The Labute approximate surface area is 145 Å². The van der Waals surface area contributed by atoms with Gasteiger partial charge in [0.2, 0.25) is 5.91 Å². The highest BCUT2D eigenvalue weighted by Gasteiger charge is 2.16. The lowest BCUT2D eigenvalue weighted by atomic mass is 10.1. The predicted octanol–water partition coefficient (Wildman–Crippen LogP) is 3.06. The summed E-state index contributed by atoms with van der Waals surface area (Å²) in [6, 6.07) is 9.71. The van der Waals surface area contributed by atoms with Crippen LogP contribution in [-0.2, 0) is 11.3 Å². The van der Waals surface area contributed by atoms with E-state index in [2.05, 4.69) is 16.4 Å². The second-order valence-corrected chi connectivity index (χ2v) is 6.28. The van der Waals surface area contributed by atoms with E-state index in [0.29, 0.717) is 24.7 Å². The molecule has 4 rings (SSSR count). The molecule has 128 valence electrons. The molecule has 1 amide bonds. The lowest BCUT2D eigenvalue weighted by molar-refractivity contribution is -0.116. The van der Waals surface area contributed by atoms with E-state index in [9.17, 15) is 4.79 Å². The molecule has 6 nitrogen and oxygen atoms in total. The standard InChI is InChI=1S/C19H19N3O3/c1-12-5-13(2)7-14(6-12)21-19(23)10-22-11-20-15-8-17-18(9-16(15)22)25-4-3-24-17/h5-9,11H,3-4,10H2,1-2H3,(H,21,23). The number of carbonyl (C=O) groups excluding carboxylic acids is 1. The van der Waals surface area contributed by atoms with Crippen LogP contribution < -0.4 is 14.8 Å². The number of aromatic nitrogens is 2. The Kier molecular flexibility index (Phi) is 3.80. The fraction of sp³-hybridized carbons (Fsp3) is 0.263. The number of imidazole rings is 1. The van der Waals surface area contributed by atoms with Gasteiger partial charge in [0.1, 0.15) is 19.8 Å². The number of benzene rings is 2. The van der Waals surface area contributed by atoms with Gasteiger partial charge in [-0.2, -0.15) is 0 Å². The number of nitrogens with zero attached hydrogens (tertiary/aromatic N) is 2. The molecule has 0 radical (unpaired) electrons. The summed E-state index contributed by atoms with van der Waals surface area (Å²) >= 11 is 0. The molecule has 2 heterocycles. The quantitative estimate of drug-likeness (QED) is 0.798. The van der Waals surface area contributed by atoms with E-state index in [1.807, 2.05) is 42.7 Å². The summed E-state index contributed by atoms with van der Waals surface area (Å²) in [5, 5.41) is 2.95. The number of nitrogens with one attached hydrogen (secondary N) is 1. The molecular weight excluding hydrogens is 318 g/mol. The molecule has 0 saturated heterocycles. The zero-order chi connectivity index (χ0) is 17.4. The fourth-order valence-corrected chi connectivity index (χ4v) is 3.12. The summed E-state index contributed by atoms with van der Waals surface area (Å²) in [5.74, 6) is 1.29. The lowest BCUT2D eigenvalue weighted by Crippen LogP contribution is -2.18. The average Bonchev–Trinajstić information content (AvgIpc) is 2.93. The van der Waals surface area contributed by atoms with Gasteiger partial charge in [0.15, 0.2) is 11.5 Å². The first-order valence-corrected chi connectivity index (χ1v) is 8.21. The van der Waals surface area contributed by atoms with Gasteiger partial charge in [-0.1, -0.05) is 6.07 Å². The third-order valence-electron chi connectivity index (χ3n) is 4.10. The largest absolute Gasteiger partial charge is 0.486 e. The van der Waals surface area contributed by atoms with Gasteiger partial charge in [0.25, 0.3) is 0 Å². The first-order chi connectivity index (χ1) is 12.1. The first-order valence-electron chi connectivity index (χ1n) is 8.21.